The molecule has 0 unspecified atom stereocenters. The molecule has 0 aliphatic rings. The SMILES string of the molecule is C=N/C(=N\C(=N/Cc1ccc2ccccc2c1)c1ccccc1)c1cc(-c2ccc3c(c2)oc2ccccc23)cc2oc3ccccc3c12. The van der Waals surface area contributed by atoms with Crippen LogP contribution in [-0.2, 0) is 6.54 Å². The third-order valence-electron chi connectivity index (χ3n) is 9.05. The highest BCUT2D eigenvalue weighted by Gasteiger charge is 2.19. The quantitative estimate of drug-likeness (QED) is 0.140. The Balaban J connectivity index is 1.22. The van der Waals surface area contributed by atoms with E-state index < -0.39 is 0 Å². The lowest BCUT2D eigenvalue weighted by molar-refractivity contribution is 0.668. The third-order valence-corrected chi connectivity index (χ3v) is 9.05. The van der Waals surface area contributed by atoms with Crippen LogP contribution in [0.25, 0.3) is 65.8 Å². The van der Waals surface area contributed by atoms with Crippen molar-refractivity contribution >= 4 is 73.0 Å². The fourth-order valence-corrected chi connectivity index (χ4v) is 6.67. The minimum Gasteiger partial charge on any atom is -0.456 e. The summed E-state index contributed by atoms with van der Waals surface area (Å²) in [6.45, 7) is 4.46. The largest absolute Gasteiger partial charge is 0.456 e. The minimum absolute atomic E-state index is 0.462. The number of fused-ring (bicyclic) bond motifs is 7. The molecule has 5 heteroatoms. The van der Waals surface area contributed by atoms with Crippen LogP contribution in [0.3, 0.4) is 0 Å². The number of aliphatic imine (C=N–C) groups is 3. The van der Waals surface area contributed by atoms with Crippen molar-refractivity contribution in [1.82, 2.24) is 0 Å². The number of furan rings is 2. The number of nitrogens with zero attached hydrogens (tertiary/aromatic N) is 3. The number of rotatable bonds is 5. The second-order valence-corrected chi connectivity index (χ2v) is 12.1. The summed E-state index contributed by atoms with van der Waals surface area (Å²) in [7, 11) is 0. The zero-order valence-corrected chi connectivity index (χ0v) is 26.5. The zero-order chi connectivity index (χ0) is 32.7. The summed E-state index contributed by atoms with van der Waals surface area (Å²) in [4.78, 5) is 14.7. The molecule has 0 spiro atoms. The molecule has 232 valence electrons. The molecule has 9 rings (SSSR count). The molecule has 0 bridgehead atoms. The van der Waals surface area contributed by atoms with E-state index in [9.17, 15) is 0 Å². The first-order valence-electron chi connectivity index (χ1n) is 16.2. The number of hydrogen-bond donors (Lipinski definition) is 0. The van der Waals surface area contributed by atoms with Gasteiger partial charge in [-0.2, -0.15) is 0 Å². The molecule has 5 nitrogen and oxygen atoms in total. The van der Waals surface area contributed by atoms with Crippen LogP contribution < -0.4 is 0 Å². The summed E-state index contributed by atoms with van der Waals surface area (Å²) in [6, 6.07) is 51.5. The van der Waals surface area contributed by atoms with Gasteiger partial charge in [-0.25, -0.2) is 9.98 Å². The second kappa shape index (κ2) is 11.9. The van der Waals surface area contributed by atoms with Crippen LogP contribution in [0.5, 0.6) is 0 Å². The van der Waals surface area contributed by atoms with E-state index in [2.05, 4.69) is 96.6 Å². The number of benzene rings is 7. The fourth-order valence-electron chi connectivity index (χ4n) is 6.67. The first kappa shape index (κ1) is 28.6. The Morgan fingerprint density at radius 3 is 2.02 bits per heavy atom. The van der Waals surface area contributed by atoms with E-state index in [1.54, 1.807) is 0 Å². The Morgan fingerprint density at radius 1 is 0.510 bits per heavy atom. The molecule has 0 aliphatic carbocycles. The topological polar surface area (TPSA) is 63.4 Å². The third kappa shape index (κ3) is 5.18. The van der Waals surface area contributed by atoms with Gasteiger partial charge in [0.1, 0.15) is 22.3 Å². The molecule has 0 radical (unpaired) electrons. The lowest BCUT2D eigenvalue weighted by atomic mass is 9.97. The van der Waals surface area contributed by atoms with Gasteiger partial charge >= 0.3 is 0 Å². The maximum absolute atomic E-state index is 6.44. The molecule has 0 N–H and O–H groups in total. The Labute approximate surface area is 282 Å². The lowest BCUT2D eigenvalue weighted by Gasteiger charge is -2.10. The first-order chi connectivity index (χ1) is 24.2. The Bertz CT molecular complexity index is 2770. The van der Waals surface area contributed by atoms with E-state index in [0.29, 0.717) is 18.2 Å². The van der Waals surface area contributed by atoms with Gasteiger partial charge in [0.15, 0.2) is 11.7 Å². The van der Waals surface area contributed by atoms with Crippen LogP contribution in [0.2, 0.25) is 0 Å². The molecule has 9 aromatic rings. The highest BCUT2D eigenvalue weighted by Crippen LogP contribution is 2.38. The van der Waals surface area contributed by atoms with Crippen molar-refractivity contribution in [1.29, 1.82) is 0 Å². The fraction of sp³-hybridized carbons (Fsp3) is 0.0227. The summed E-state index contributed by atoms with van der Waals surface area (Å²) >= 11 is 0. The van der Waals surface area contributed by atoms with E-state index >= 15 is 0 Å². The van der Waals surface area contributed by atoms with Crippen molar-refractivity contribution in [2.75, 3.05) is 0 Å². The van der Waals surface area contributed by atoms with Crippen molar-refractivity contribution in [3.63, 3.8) is 0 Å². The average molecular weight is 632 g/mol. The first-order valence-corrected chi connectivity index (χ1v) is 16.2. The van der Waals surface area contributed by atoms with E-state index in [4.69, 9.17) is 18.8 Å². The molecule has 0 fully saturated rings. The smallest absolute Gasteiger partial charge is 0.161 e. The molecule has 0 saturated carbocycles. The van der Waals surface area contributed by atoms with E-state index in [0.717, 1.165) is 71.7 Å². The second-order valence-electron chi connectivity index (χ2n) is 12.1. The van der Waals surface area contributed by atoms with Gasteiger partial charge in [-0.3, -0.25) is 4.99 Å². The van der Waals surface area contributed by atoms with Crippen LogP contribution in [0.4, 0.5) is 0 Å². The molecule has 7 aromatic carbocycles. The van der Waals surface area contributed by atoms with Crippen molar-refractivity contribution in [2.24, 2.45) is 15.0 Å². The standard InChI is InChI=1S/C44H29N3O2/c1-45-44(47-43(30-12-3-2-4-13-30)46-27-28-19-20-29-11-5-6-14-31(29)23-28)37-24-33(26-41-42(37)36-16-8-10-18-39(36)49-41)32-21-22-35-34-15-7-9-17-38(34)48-40(35)25-32/h2-26H,1,27H2/b46-43-,47-44-. The highest BCUT2D eigenvalue weighted by atomic mass is 16.3. The molecule has 0 amide bonds. The molecule has 0 atom stereocenters. The maximum Gasteiger partial charge on any atom is 0.161 e. The highest BCUT2D eigenvalue weighted by molar-refractivity contribution is 6.22. The van der Waals surface area contributed by atoms with Gasteiger partial charge in [0.2, 0.25) is 0 Å². The molecule has 0 aliphatic heterocycles. The number of para-hydroxylation sites is 2. The van der Waals surface area contributed by atoms with Crippen LogP contribution in [0.1, 0.15) is 16.7 Å². The molecule has 2 heterocycles. The summed E-state index contributed by atoms with van der Waals surface area (Å²) in [5.74, 6) is 1.04. The molecule has 0 saturated heterocycles. The summed E-state index contributed by atoms with van der Waals surface area (Å²) in [6.07, 6.45) is 0. The van der Waals surface area contributed by atoms with Crippen molar-refractivity contribution < 1.29 is 8.83 Å². The van der Waals surface area contributed by atoms with Gasteiger partial charge in [-0.05, 0) is 76.6 Å². The van der Waals surface area contributed by atoms with E-state index in [1.165, 1.54) is 10.8 Å². The number of amidine groups is 2. The summed E-state index contributed by atoms with van der Waals surface area (Å²) in [5.41, 5.74) is 7.97. The van der Waals surface area contributed by atoms with Gasteiger partial charge < -0.3 is 8.83 Å². The lowest BCUT2D eigenvalue weighted by Crippen LogP contribution is -2.06. The van der Waals surface area contributed by atoms with Crippen molar-refractivity contribution in [3.05, 3.63) is 168 Å². The van der Waals surface area contributed by atoms with Gasteiger partial charge in [-0.15, -0.1) is 0 Å². The van der Waals surface area contributed by atoms with Gasteiger partial charge in [0.05, 0.1) is 6.54 Å². The van der Waals surface area contributed by atoms with E-state index in [1.807, 2.05) is 66.7 Å². The van der Waals surface area contributed by atoms with Crippen LogP contribution in [0.15, 0.2) is 175 Å². The van der Waals surface area contributed by atoms with Gasteiger partial charge in [-0.1, -0.05) is 109 Å². The van der Waals surface area contributed by atoms with Gasteiger partial charge in [0, 0.05) is 32.7 Å². The van der Waals surface area contributed by atoms with Crippen molar-refractivity contribution in [2.45, 2.75) is 6.54 Å². The molecule has 2 aromatic heterocycles. The van der Waals surface area contributed by atoms with Crippen molar-refractivity contribution in [3.8, 4) is 11.1 Å². The van der Waals surface area contributed by atoms with Gasteiger partial charge in [0.25, 0.3) is 0 Å². The Hall–Kier alpha value is -6.59. The van der Waals surface area contributed by atoms with E-state index in [-0.39, 0.29) is 0 Å². The van der Waals surface area contributed by atoms with Crippen LogP contribution >= 0.6 is 0 Å². The predicted octanol–water partition coefficient (Wildman–Crippen LogP) is 11.4. The molecular weight excluding hydrogens is 603 g/mol. The van der Waals surface area contributed by atoms with Crippen LogP contribution in [-0.4, -0.2) is 18.4 Å². The predicted molar refractivity (Wildman–Crippen MR) is 203 cm³/mol. The summed E-state index contributed by atoms with van der Waals surface area (Å²) in [5, 5.41) is 6.47. The molecule has 49 heavy (non-hydrogen) atoms. The zero-order valence-electron chi connectivity index (χ0n) is 26.5. The minimum atomic E-state index is 0.462. The average Bonchev–Trinajstić information content (AvgIpc) is 3.73. The van der Waals surface area contributed by atoms with Crippen LogP contribution in [0, 0.1) is 0 Å². The maximum atomic E-state index is 6.44. The number of hydrogen-bond acceptors (Lipinski definition) is 3. The summed E-state index contributed by atoms with van der Waals surface area (Å²) < 4.78 is 12.7. The Kier molecular flexibility index (Phi) is 6.95. The molecular formula is C44H29N3O2. The normalized spacial score (nSPS) is 12.5. The monoisotopic (exact) mass is 631 g/mol. The Morgan fingerprint density at radius 2 is 1.18 bits per heavy atom.